The molecule has 2 aromatic rings. The van der Waals surface area contributed by atoms with Gasteiger partial charge < -0.3 is 19.9 Å². The highest BCUT2D eigenvalue weighted by Crippen LogP contribution is 2.39. The summed E-state index contributed by atoms with van der Waals surface area (Å²) >= 11 is 6.16. The Morgan fingerprint density at radius 1 is 1.15 bits per heavy atom. The molecule has 2 rings (SSSR count). The number of anilines is 1. The molecule has 2 N–H and O–H groups in total. The van der Waals surface area contributed by atoms with Crippen LogP contribution in [0.1, 0.15) is 17.3 Å². The Bertz CT molecular complexity index is 1300. The molecular weight excluding hydrogens is 486 g/mol. The molecule has 0 amide bonds. The number of allylic oxidation sites excluding steroid dienone is 1. The van der Waals surface area contributed by atoms with E-state index < -0.39 is 28.4 Å². The summed E-state index contributed by atoms with van der Waals surface area (Å²) in [6.07, 6.45) is 0. The van der Waals surface area contributed by atoms with Crippen molar-refractivity contribution in [3.63, 3.8) is 0 Å². The summed E-state index contributed by atoms with van der Waals surface area (Å²) in [7, 11) is -0.0936. The number of esters is 1. The van der Waals surface area contributed by atoms with Crippen LogP contribution in [-0.4, -0.2) is 48.0 Å². The van der Waals surface area contributed by atoms with E-state index in [0.717, 1.165) is 10.4 Å². The molecule has 0 heterocycles. The molecule has 0 aromatic heterocycles. The van der Waals surface area contributed by atoms with Gasteiger partial charge in [-0.15, -0.1) is 0 Å². The fourth-order valence-electron chi connectivity index (χ4n) is 2.82. The maximum absolute atomic E-state index is 13.2. The van der Waals surface area contributed by atoms with Crippen LogP contribution in [0, 0.1) is 11.3 Å². The average molecular weight is 508 g/mol. The van der Waals surface area contributed by atoms with E-state index in [1.807, 2.05) is 0 Å². The molecule has 12 heteroatoms. The maximum atomic E-state index is 13.2. The third kappa shape index (κ3) is 5.59. The highest BCUT2D eigenvalue weighted by molar-refractivity contribution is 7.92. The van der Waals surface area contributed by atoms with Crippen LogP contribution in [0.5, 0.6) is 11.5 Å². The van der Waals surface area contributed by atoms with Crippen LogP contribution in [0.2, 0.25) is 5.02 Å². The van der Waals surface area contributed by atoms with Gasteiger partial charge in [0, 0.05) is 18.8 Å². The Labute approximate surface area is 202 Å². The first-order chi connectivity index (χ1) is 16.0. The van der Waals surface area contributed by atoms with E-state index in [4.69, 9.17) is 36.8 Å². The van der Waals surface area contributed by atoms with Crippen LogP contribution in [0.25, 0.3) is 0 Å². The molecule has 0 aliphatic carbocycles. The number of methoxy groups -OCH3 is 2. The van der Waals surface area contributed by atoms with Crippen molar-refractivity contribution in [3.8, 4) is 17.6 Å². The van der Waals surface area contributed by atoms with Crippen LogP contribution in [0.4, 0.5) is 5.69 Å². The van der Waals surface area contributed by atoms with E-state index >= 15 is 0 Å². The monoisotopic (exact) mass is 507 g/mol. The largest absolute Gasteiger partial charge is 0.495 e. The molecule has 0 saturated heterocycles. The molecule has 0 radical (unpaired) electrons. The lowest BCUT2D eigenvalue weighted by atomic mass is 10.1. The number of Topliss-reactive ketones (excluding diaryl/α,β-unsaturated/α-hetero) is 1. The highest BCUT2D eigenvalue weighted by atomic mass is 35.5. The smallest absolute Gasteiger partial charge is 0.338 e. The number of hydrogen-bond donors (Lipinski definition) is 1. The Morgan fingerprint density at radius 3 is 2.35 bits per heavy atom. The summed E-state index contributed by atoms with van der Waals surface area (Å²) in [5.74, 6) is -1.24. The van der Waals surface area contributed by atoms with Gasteiger partial charge in [-0.05, 0) is 31.2 Å². The number of hydrogen-bond acceptors (Lipinski definition) is 9. The second kappa shape index (κ2) is 10.9. The van der Waals surface area contributed by atoms with Gasteiger partial charge in [0.2, 0.25) is 5.78 Å². The predicted octanol–water partition coefficient (Wildman–Crippen LogP) is 2.66. The number of ether oxygens (including phenoxy) is 3. The van der Waals surface area contributed by atoms with Gasteiger partial charge in [-0.2, -0.15) is 5.26 Å². The van der Waals surface area contributed by atoms with E-state index in [1.165, 1.54) is 58.5 Å². The maximum Gasteiger partial charge on any atom is 0.338 e. The number of carbonyl (C=O) groups excluding carboxylic acids is 2. The second-order valence-electron chi connectivity index (χ2n) is 6.83. The summed E-state index contributed by atoms with van der Waals surface area (Å²) in [6, 6.07) is 9.53. The molecule has 180 valence electrons. The van der Waals surface area contributed by atoms with Gasteiger partial charge in [0.15, 0.2) is 6.61 Å². The molecule has 0 unspecified atom stereocenters. The molecule has 2 aromatic carbocycles. The van der Waals surface area contributed by atoms with Gasteiger partial charge in [0.1, 0.15) is 23.1 Å². The molecule has 0 atom stereocenters. The first-order valence-electron chi connectivity index (χ1n) is 9.55. The summed E-state index contributed by atoms with van der Waals surface area (Å²) < 4.78 is 42.8. The molecule has 0 spiro atoms. The van der Waals surface area contributed by atoms with Crippen molar-refractivity contribution in [1.82, 2.24) is 0 Å². The Hall–Kier alpha value is -3.75. The SMILES string of the molecule is COc1cc(OC)c(N(C)S(=O)(=O)c2cccc(C(=O)OCC(=O)C(C#N)=C(C)N)c2)cc1Cl. The molecule has 10 nitrogen and oxygen atoms in total. The minimum Gasteiger partial charge on any atom is -0.495 e. The van der Waals surface area contributed by atoms with E-state index in [9.17, 15) is 18.0 Å². The van der Waals surface area contributed by atoms with Gasteiger partial charge in [-0.1, -0.05) is 17.7 Å². The van der Waals surface area contributed by atoms with Crippen LogP contribution in [-0.2, 0) is 19.6 Å². The number of carbonyl (C=O) groups is 2. The predicted molar refractivity (Wildman–Crippen MR) is 124 cm³/mol. The number of nitrogens with zero attached hydrogens (tertiary/aromatic N) is 2. The number of nitrogens with two attached hydrogens (primary N) is 1. The standard InChI is InChI=1S/C22H22ClN3O7S/c1-13(25)16(11-24)19(27)12-33-22(28)14-6-5-7-15(8-14)34(29,30)26(2)18-9-17(23)20(31-3)10-21(18)32-4/h5-10H,12,25H2,1-4H3. The quantitative estimate of drug-likeness (QED) is 0.307. The summed E-state index contributed by atoms with van der Waals surface area (Å²) in [5.41, 5.74) is 5.15. The lowest BCUT2D eigenvalue weighted by molar-refractivity contribution is -0.118. The van der Waals surface area contributed by atoms with Gasteiger partial charge in [0.25, 0.3) is 10.0 Å². The summed E-state index contributed by atoms with van der Waals surface area (Å²) in [6.45, 7) is 0.642. The minimum atomic E-state index is -4.16. The van der Waals surface area contributed by atoms with Gasteiger partial charge in [-0.3, -0.25) is 9.10 Å². The third-order valence-corrected chi connectivity index (χ3v) is 6.70. The number of sulfonamides is 1. The molecule has 0 aliphatic heterocycles. The molecule has 34 heavy (non-hydrogen) atoms. The first-order valence-corrected chi connectivity index (χ1v) is 11.4. The van der Waals surface area contributed by atoms with Crippen molar-refractivity contribution in [2.24, 2.45) is 5.73 Å². The van der Waals surface area contributed by atoms with Crippen molar-refractivity contribution in [2.75, 3.05) is 32.2 Å². The van der Waals surface area contributed by atoms with Crippen LogP contribution in [0.15, 0.2) is 52.6 Å². The number of nitriles is 1. The topological polar surface area (TPSA) is 149 Å². The van der Waals surface area contributed by atoms with E-state index in [-0.39, 0.29) is 38.2 Å². The van der Waals surface area contributed by atoms with Crippen molar-refractivity contribution in [1.29, 1.82) is 5.26 Å². The fraction of sp³-hybridized carbons (Fsp3) is 0.227. The molecular formula is C22H22ClN3O7S. The first kappa shape index (κ1) is 26.5. The fourth-order valence-corrected chi connectivity index (χ4v) is 4.30. The zero-order chi connectivity index (χ0) is 25.6. The van der Waals surface area contributed by atoms with E-state index in [2.05, 4.69) is 0 Å². The summed E-state index contributed by atoms with van der Waals surface area (Å²) in [5, 5.41) is 9.13. The van der Waals surface area contributed by atoms with Crippen LogP contribution in [0.3, 0.4) is 0 Å². The number of ketones is 1. The average Bonchev–Trinajstić information content (AvgIpc) is 2.82. The lowest BCUT2D eigenvalue weighted by Gasteiger charge is -2.23. The third-order valence-electron chi connectivity index (χ3n) is 4.64. The lowest BCUT2D eigenvalue weighted by Crippen LogP contribution is -2.27. The highest BCUT2D eigenvalue weighted by Gasteiger charge is 2.26. The van der Waals surface area contributed by atoms with Gasteiger partial charge >= 0.3 is 5.97 Å². The van der Waals surface area contributed by atoms with Gasteiger partial charge in [0.05, 0.1) is 35.4 Å². The zero-order valence-corrected chi connectivity index (χ0v) is 20.4. The Morgan fingerprint density at radius 2 is 1.79 bits per heavy atom. The van der Waals surface area contributed by atoms with Crippen LogP contribution >= 0.6 is 11.6 Å². The molecule has 0 bridgehead atoms. The Kier molecular flexibility index (Phi) is 8.51. The van der Waals surface area contributed by atoms with Crippen molar-refractivity contribution in [2.45, 2.75) is 11.8 Å². The number of benzene rings is 2. The zero-order valence-electron chi connectivity index (χ0n) is 18.8. The van der Waals surface area contributed by atoms with E-state index in [0.29, 0.717) is 5.75 Å². The minimum absolute atomic E-state index is 0.00580. The summed E-state index contributed by atoms with van der Waals surface area (Å²) in [4.78, 5) is 24.2. The van der Waals surface area contributed by atoms with Crippen molar-refractivity contribution in [3.05, 3.63) is 58.3 Å². The molecule has 0 saturated carbocycles. The Balaban J connectivity index is 2.33. The number of rotatable bonds is 9. The molecule has 0 aliphatic rings. The normalized spacial score (nSPS) is 11.6. The van der Waals surface area contributed by atoms with Crippen LogP contribution < -0.4 is 19.5 Å². The van der Waals surface area contributed by atoms with E-state index in [1.54, 1.807) is 6.07 Å². The van der Waals surface area contributed by atoms with Crippen molar-refractivity contribution >= 4 is 39.1 Å². The van der Waals surface area contributed by atoms with Gasteiger partial charge in [-0.25, -0.2) is 13.2 Å². The molecule has 0 fully saturated rings. The second-order valence-corrected chi connectivity index (χ2v) is 9.20. The van der Waals surface area contributed by atoms with Crippen molar-refractivity contribution < 1.29 is 32.2 Å². The number of halogens is 1.